The molecule has 9 heteroatoms. The van der Waals surface area contributed by atoms with Crippen molar-refractivity contribution in [1.29, 1.82) is 0 Å². The zero-order chi connectivity index (χ0) is 21.6. The number of nitrogens with zero attached hydrogens (tertiary/aromatic N) is 5. The van der Waals surface area contributed by atoms with E-state index in [0.29, 0.717) is 18.7 Å². The number of ether oxygens (including phenoxy) is 1. The summed E-state index contributed by atoms with van der Waals surface area (Å²) in [6, 6.07) is 7.07. The molecule has 1 fully saturated rings. The van der Waals surface area contributed by atoms with Crippen molar-refractivity contribution in [3.63, 3.8) is 0 Å². The number of carbonyl (C=O) groups is 1. The Morgan fingerprint density at radius 1 is 1.19 bits per heavy atom. The molecule has 0 saturated carbocycles. The molecule has 1 amide bonds. The fraction of sp³-hybridized carbons (Fsp3) is 0.455. The van der Waals surface area contributed by atoms with E-state index in [9.17, 15) is 4.79 Å². The van der Waals surface area contributed by atoms with Crippen LogP contribution in [-0.2, 0) is 6.54 Å². The van der Waals surface area contributed by atoms with Crippen LogP contribution in [0.2, 0.25) is 0 Å². The summed E-state index contributed by atoms with van der Waals surface area (Å²) in [7, 11) is 1.61. The molecule has 2 aromatic heterocycles. The third-order valence-corrected chi connectivity index (χ3v) is 6.31. The molecule has 1 N–H and O–H groups in total. The van der Waals surface area contributed by atoms with Gasteiger partial charge in [0.05, 0.1) is 25.2 Å². The predicted molar refractivity (Wildman–Crippen MR) is 123 cm³/mol. The van der Waals surface area contributed by atoms with Crippen molar-refractivity contribution in [1.82, 2.24) is 25.1 Å². The Balaban J connectivity index is 1.49. The Labute approximate surface area is 186 Å². The van der Waals surface area contributed by atoms with Gasteiger partial charge in [-0.15, -0.1) is 0 Å². The van der Waals surface area contributed by atoms with Crippen molar-refractivity contribution in [2.45, 2.75) is 37.9 Å². The van der Waals surface area contributed by atoms with Crippen molar-refractivity contribution >= 4 is 34.5 Å². The van der Waals surface area contributed by atoms with Gasteiger partial charge in [-0.2, -0.15) is 5.10 Å². The molecular weight excluding hydrogens is 412 g/mol. The van der Waals surface area contributed by atoms with Gasteiger partial charge in [0.2, 0.25) is 0 Å². The molecule has 0 atom stereocenters. The summed E-state index contributed by atoms with van der Waals surface area (Å²) >= 11 is 1.68. The van der Waals surface area contributed by atoms with Gasteiger partial charge in [0.25, 0.3) is 5.91 Å². The second-order valence-corrected chi connectivity index (χ2v) is 8.52. The highest BCUT2D eigenvalue weighted by Crippen LogP contribution is 2.29. The van der Waals surface area contributed by atoms with E-state index >= 15 is 0 Å². The first-order chi connectivity index (χ1) is 15.2. The minimum atomic E-state index is -0.120. The molecular formula is C22H28N6O2S. The average Bonchev–Trinajstić information content (AvgIpc) is 3.48. The Morgan fingerprint density at radius 2 is 1.97 bits per heavy atom. The SMILES string of the molecule is CCCSc1nc(N2CCCC2)c2cnn(CCNC(=O)c3ccc(OC)cc3)c2n1. The van der Waals surface area contributed by atoms with Crippen LogP contribution in [0.3, 0.4) is 0 Å². The Hall–Kier alpha value is -2.81. The average molecular weight is 441 g/mol. The number of benzene rings is 1. The number of amides is 1. The minimum absolute atomic E-state index is 0.120. The van der Waals surface area contributed by atoms with Crippen LogP contribution < -0.4 is 15.0 Å². The van der Waals surface area contributed by atoms with Crippen LogP contribution in [0.5, 0.6) is 5.75 Å². The second kappa shape index (κ2) is 10.00. The lowest BCUT2D eigenvalue weighted by atomic mass is 10.2. The Bertz CT molecular complexity index is 1030. The standard InChI is InChI=1S/C22H28N6O2S/c1-3-14-31-22-25-19(27-11-4-5-12-27)18-15-24-28(20(18)26-22)13-10-23-21(29)16-6-8-17(30-2)9-7-16/h6-9,15H,3-5,10-14H2,1-2H3,(H,23,29). The Kier molecular flexibility index (Phi) is 6.91. The van der Waals surface area contributed by atoms with Crippen LogP contribution in [0.15, 0.2) is 35.6 Å². The highest BCUT2D eigenvalue weighted by molar-refractivity contribution is 7.99. The number of aromatic nitrogens is 4. The van der Waals surface area contributed by atoms with E-state index in [0.717, 1.165) is 53.0 Å². The second-order valence-electron chi connectivity index (χ2n) is 7.46. The molecule has 4 rings (SSSR count). The van der Waals surface area contributed by atoms with Crippen molar-refractivity contribution in [3.05, 3.63) is 36.0 Å². The number of hydrogen-bond acceptors (Lipinski definition) is 7. The first-order valence-corrected chi connectivity index (χ1v) is 11.7. The normalized spacial score (nSPS) is 13.7. The molecule has 0 aliphatic carbocycles. The van der Waals surface area contributed by atoms with E-state index in [-0.39, 0.29) is 5.91 Å². The van der Waals surface area contributed by atoms with Crippen molar-refractivity contribution < 1.29 is 9.53 Å². The maximum absolute atomic E-state index is 12.4. The summed E-state index contributed by atoms with van der Waals surface area (Å²) in [5, 5.41) is 9.28. The highest BCUT2D eigenvalue weighted by Gasteiger charge is 2.20. The lowest BCUT2D eigenvalue weighted by Crippen LogP contribution is -2.27. The number of anilines is 1. The van der Waals surface area contributed by atoms with Crippen LogP contribution in [-0.4, -0.2) is 58.2 Å². The van der Waals surface area contributed by atoms with Gasteiger partial charge < -0.3 is 15.0 Å². The summed E-state index contributed by atoms with van der Waals surface area (Å²) in [6.45, 7) is 5.20. The predicted octanol–water partition coefficient (Wildman–Crippen LogP) is 3.37. The van der Waals surface area contributed by atoms with Crippen LogP contribution in [0, 0.1) is 0 Å². The molecule has 1 saturated heterocycles. The summed E-state index contributed by atoms with van der Waals surface area (Å²) in [6.07, 6.45) is 5.30. The smallest absolute Gasteiger partial charge is 0.251 e. The third-order valence-electron chi connectivity index (χ3n) is 5.26. The van der Waals surface area contributed by atoms with Gasteiger partial charge >= 0.3 is 0 Å². The zero-order valence-corrected chi connectivity index (χ0v) is 18.8. The van der Waals surface area contributed by atoms with E-state index < -0.39 is 0 Å². The lowest BCUT2D eigenvalue weighted by molar-refractivity contribution is 0.0952. The van der Waals surface area contributed by atoms with Gasteiger partial charge in [0.15, 0.2) is 10.8 Å². The van der Waals surface area contributed by atoms with Gasteiger partial charge in [0, 0.05) is 31.0 Å². The first kappa shape index (κ1) is 21.4. The van der Waals surface area contributed by atoms with Crippen molar-refractivity contribution in [2.24, 2.45) is 0 Å². The van der Waals surface area contributed by atoms with Gasteiger partial charge in [-0.05, 0) is 43.5 Å². The molecule has 0 unspecified atom stereocenters. The van der Waals surface area contributed by atoms with E-state index in [4.69, 9.17) is 14.7 Å². The molecule has 1 aliphatic rings. The van der Waals surface area contributed by atoms with E-state index in [1.165, 1.54) is 12.8 Å². The molecule has 8 nitrogen and oxygen atoms in total. The maximum Gasteiger partial charge on any atom is 0.251 e. The first-order valence-electron chi connectivity index (χ1n) is 10.7. The number of rotatable bonds is 9. The molecule has 1 aromatic carbocycles. The number of hydrogen-bond donors (Lipinski definition) is 1. The lowest BCUT2D eigenvalue weighted by Gasteiger charge is -2.18. The minimum Gasteiger partial charge on any atom is -0.497 e. The van der Waals surface area contributed by atoms with Crippen LogP contribution in [0.1, 0.15) is 36.5 Å². The van der Waals surface area contributed by atoms with Gasteiger partial charge in [-0.3, -0.25) is 4.79 Å². The molecule has 1 aliphatic heterocycles. The van der Waals surface area contributed by atoms with Crippen LogP contribution >= 0.6 is 11.8 Å². The molecule has 0 spiro atoms. The van der Waals surface area contributed by atoms with Gasteiger partial charge in [-0.25, -0.2) is 14.6 Å². The van der Waals surface area contributed by atoms with Crippen LogP contribution in [0.4, 0.5) is 5.82 Å². The summed E-state index contributed by atoms with van der Waals surface area (Å²) in [4.78, 5) is 24.4. The third kappa shape index (κ3) is 4.92. The molecule has 31 heavy (non-hydrogen) atoms. The summed E-state index contributed by atoms with van der Waals surface area (Å²) in [5.41, 5.74) is 1.43. The van der Waals surface area contributed by atoms with Crippen LogP contribution in [0.25, 0.3) is 11.0 Å². The van der Waals surface area contributed by atoms with E-state index in [1.54, 1.807) is 43.1 Å². The number of methoxy groups -OCH3 is 1. The Morgan fingerprint density at radius 3 is 2.68 bits per heavy atom. The molecule has 3 heterocycles. The number of fused-ring (bicyclic) bond motifs is 1. The molecule has 164 valence electrons. The maximum atomic E-state index is 12.4. The van der Waals surface area contributed by atoms with Gasteiger partial charge in [0.1, 0.15) is 11.6 Å². The highest BCUT2D eigenvalue weighted by atomic mass is 32.2. The van der Waals surface area contributed by atoms with Gasteiger partial charge in [-0.1, -0.05) is 18.7 Å². The largest absolute Gasteiger partial charge is 0.497 e. The fourth-order valence-electron chi connectivity index (χ4n) is 3.63. The van der Waals surface area contributed by atoms with E-state index in [2.05, 4.69) is 22.2 Å². The number of nitrogens with one attached hydrogen (secondary N) is 1. The van der Waals surface area contributed by atoms with E-state index in [1.807, 2.05) is 10.9 Å². The monoisotopic (exact) mass is 440 g/mol. The molecule has 0 bridgehead atoms. The number of thioether (sulfide) groups is 1. The van der Waals surface area contributed by atoms with Crippen molar-refractivity contribution in [2.75, 3.05) is 37.4 Å². The quantitative estimate of drug-likeness (QED) is 0.403. The topological polar surface area (TPSA) is 85.2 Å². The fourth-order valence-corrected chi connectivity index (χ4v) is 4.32. The van der Waals surface area contributed by atoms with Crippen molar-refractivity contribution in [3.8, 4) is 5.75 Å². The summed E-state index contributed by atoms with van der Waals surface area (Å²) < 4.78 is 7.00. The molecule has 0 radical (unpaired) electrons. The summed E-state index contributed by atoms with van der Waals surface area (Å²) in [5.74, 6) is 2.57. The number of carbonyl (C=O) groups excluding carboxylic acids is 1. The zero-order valence-electron chi connectivity index (χ0n) is 18.0. The molecule has 3 aromatic rings.